The van der Waals surface area contributed by atoms with Crippen LogP contribution in [0.15, 0.2) is 107 Å². The van der Waals surface area contributed by atoms with Gasteiger partial charge in [0.2, 0.25) is 0 Å². The molecule has 644 valence electrons. The van der Waals surface area contributed by atoms with Crippen molar-refractivity contribution in [1.82, 2.24) is 0 Å². The van der Waals surface area contributed by atoms with Crippen LogP contribution < -0.4 is 31.1 Å². The van der Waals surface area contributed by atoms with Crippen molar-refractivity contribution in [3.63, 3.8) is 0 Å². The Hall–Kier alpha value is -3.95. The molecule has 4 saturated heterocycles. The first-order valence-electron chi connectivity index (χ1n) is 32.2. The van der Waals surface area contributed by atoms with E-state index in [0.717, 1.165) is 43.5 Å². The van der Waals surface area contributed by atoms with E-state index < -0.39 is 100 Å². The summed E-state index contributed by atoms with van der Waals surface area (Å²) in [6, 6.07) is 16.3. The Labute approximate surface area is 733 Å². The quantitative estimate of drug-likeness (QED) is 0.0602. The molecule has 0 aromatic heterocycles. The molecule has 7 aromatic rings. The van der Waals surface area contributed by atoms with Crippen molar-refractivity contribution >= 4 is 217 Å². The number of benzene rings is 7. The minimum Gasteiger partial charge on any atom is -0.465 e. The zero-order valence-electron chi connectivity index (χ0n) is 58.5. The number of aliphatic hydroxyl groups is 1. The van der Waals surface area contributed by atoms with Crippen molar-refractivity contribution in [2.45, 2.75) is 55.2 Å². The van der Waals surface area contributed by atoms with Crippen LogP contribution in [0.1, 0.15) is 60.4 Å². The predicted molar refractivity (Wildman–Crippen MR) is 425 cm³/mol. The number of halogens is 34. The molecule has 0 bridgehead atoms. The highest BCUT2D eigenvalue weighted by Gasteiger charge is 2.44. The largest absolute Gasteiger partial charge is 0.465 e. The van der Waals surface area contributed by atoms with Gasteiger partial charge in [-0.25, -0.2) is 4.79 Å². The fraction of sp³-hybridized carbons (Fsp3) is 0.377. The summed E-state index contributed by atoms with van der Waals surface area (Å²) in [6.07, 6.45) is -31.3. The second-order valence-electron chi connectivity index (χ2n) is 23.6. The molecule has 0 atom stereocenters. The number of esters is 1. The van der Waals surface area contributed by atoms with Crippen molar-refractivity contribution in [1.29, 1.82) is 0 Å². The van der Waals surface area contributed by atoms with E-state index in [2.05, 4.69) is 100 Å². The summed E-state index contributed by atoms with van der Waals surface area (Å²) in [7, 11) is 1.03. The molecule has 7 aromatic carbocycles. The number of methoxy groups -OCH3 is 1. The molecule has 0 spiro atoms. The molecular weight excluding hydrogens is 2150 g/mol. The lowest BCUT2D eigenvalue weighted by molar-refractivity contribution is -0.139. The van der Waals surface area contributed by atoms with Gasteiger partial charge in [-0.3, -0.25) is 0 Å². The first-order chi connectivity index (χ1) is 53.6. The van der Waals surface area contributed by atoms with Gasteiger partial charge in [0.15, 0.2) is 0 Å². The van der Waals surface area contributed by atoms with Crippen molar-refractivity contribution in [2.75, 3.05) is 143 Å². The fourth-order valence-electron chi connectivity index (χ4n) is 10.8. The normalized spacial score (nSPS) is 15.0. The van der Waals surface area contributed by atoms with E-state index in [9.17, 15) is 97.0 Å². The third-order valence-electron chi connectivity index (χ3n) is 15.8. The molecule has 4 fully saturated rings. The van der Waals surface area contributed by atoms with Gasteiger partial charge in [-0.1, -0.05) is 161 Å². The van der Waals surface area contributed by atoms with E-state index in [1.54, 1.807) is 14.7 Å². The molecule has 13 nitrogen and oxygen atoms in total. The number of nitrogens with zero attached hydrogens (tertiary/aromatic N) is 4. The van der Waals surface area contributed by atoms with Crippen molar-refractivity contribution in [2.24, 2.45) is 0 Å². The van der Waals surface area contributed by atoms with Gasteiger partial charge in [-0.2, -0.15) is 92.2 Å². The van der Waals surface area contributed by atoms with E-state index >= 15 is 0 Å². The summed E-state index contributed by atoms with van der Waals surface area (Å²) >= 11 is 57.2. The Balaban J connectivity index is 0.000000243. The number of rotatable bonds is 7. The number of ether oxygens (including phenoxy) is 5. The van der Waals surface area contributed by atoms with Crippen LogP contribution in [0.2, 0.25) is 35.2 Å². The van der Waals surface area contributed by atoms with Gasteiger partial charge < -0.3 is 59.9 Å². The van der Waals surface area contributed by atoms with Crippen LogP contribution in [-0.4, -0.2) is 123 Å². The monoisotopic (exact) mass is 2200 g/mol. The Morgan fingerprint density at radius 3 is 1.03 bits per heavy atom. The Morgan fingerprint density at radius 2 is 0.698 bits per heavy atom. The van der Waals surface area contributed by atoms with E-state index in [0.29, 0.717) is 110 Å². The van der Waals surface area contributed by atoms with Crippen LogP contribution in [0, 0.1) is 0 Å². The fourth-order valence-corrected chi connectivity index (χ4v) is 17.2. The van der Waals surface area contributed by atoms with Gasteiger partial charge >= 0.3 is 49.2 Å². The summed E-state index contributed by atoms with van der Waals surface area (Å²) in [6.45, 7) is 5.42. The highest BCUT2D eigenvalue weighted by atomic mass is 79.9. The number of hydrogen-bond acceptors (Lipinski definition) is 13. The maximum Gasteiger partial charge on any atom is 0.419 e. The summed E-state index contributed by atoms with van der Waals surface area (Å²) in [5, 5.41) is 10.5. The molecule has 0 amide bonds. The predicted octanol–water partition coefficient (Wildman–Crippen LogP) is 26.0. The van der Waals surface area contributed by atoms with Crippen LogP contribution in [-0.2, 0) is 78.9 Å². The molecule has 0 unspecified atom stereocenters. The first kappa shape index (κ1) is 103. The summed E-state index contributed by atoms with van der Waals surface area (Å²) in [5.74, 6) is -1.07. The van der Waals surface area contributed by atoms with Crippen molar-refractivity contribution in [3.05, 3.63) is 198 Å². The van der Waals surface area contributed by atoms with Crippen molar-refractivity contribution in [3.8, 4) is 0 Å². The molecule has 11 rings (SSSR count). The number of hydrogen-bond donors (Lipinski definition) is 3. The second kappa shape index (κ2) is 44.4. The van der Waals surface area contributed by atoms with Crippen LogP contribution in [0.25, 0.3) is 0 Å². The molecule has 4 heterocycles. The standard InChI is InChI=1S/C13H13ClF3NO3.C12H12BrClF3NO.C12H13ClF3NO2.C11H10BrClF3NO.C7H3Br2ClF3N.C7H2Br2ClF3.C7H5ClF3N/c1-20-12(19)9-6-8(14)7-10(11(9)13(15,16)17)18-2-4-21-5-3-18;13-7-8-5-9(14)6-10(11(8)12(15,16)17)18-1-3-19-4-2-18;13-9-5-8(7-18)11(12(14,15)16)10(6-9)17-1-3-19-4-2-17;12-8-5-7(13)6-9(10(8)11(14,15)16)17-1-3-18-4-2-17;8-2-1-3(10)6(14)5(9)4(2)7(11,12)13;8-4-1-3(10)2-5(9)6(4)7(11,12)13;8-5-2-1-4(3-6(5)12)7(9,10)11/h6-7H,2-5H2,1H3;5-6H,1-4,7H2;5-6,18H,1-4,7H2;5-6H,1-4H2;1H,14H2;1-2H;1-3H,12H2. The Morgan fingerprint density at radius 1 is 0.397 bits per heavy atom. The number of carbonyl (C=O) groups excluding carboxylic acids is 1. The third kappa shape index (κ3) is 29.9. The number of anilines is 6. The lowest BCUT2D eigenvalue weighted by Crippen LogP contribution is -2.38. The van der Waals surface area contributed by atoms with Crippen LogP contribution in [0.3, 0.4) is 0 Å². The van der Waals surface area contributed by atoms with Gasteiger partial charge in [-0.05, 0) is 112 Å². The summed E-state index contributed by atoms with van der Waals surface area (Å²) in [4.78, 5) is 18.0. The molecule has 4 aliphatic rings. The molecule has 0 saturated carbocycles. The molecule has 0 aliphatic carbocycles. The summed E-state index contributed by atoms with van der Waals surface area (Å²) in [5.41, 5.74) is 4.28. The smallest absolute Gasteiger partial charge is 0.419 e. The number of aliphatic hydroxyl groups excluding tert-OH is 1. The molecule has 5 N–H and O–H groups in total. The Kier molecular flexibility index (Phi) is 39.3. The highest BCUT2D eigenvalue weighted by molar-refractivity contribution is 9.11. The van der Waals surface area contributed by atoms with E-state index in [1.165, 1.54) is 53.4 Å². The van der Waals surface area contributed by atoms with E-state index in [1.807, 2.05) is 0 Å². The molecule has 4 aliphatic heterocycles. The van der Waals surface area contributed by atoms with Gasteiger partial charge in [0.25, 0.3) is 0 Å². The van der Waals surface area contributed by atoms with E-state index in [-0.39, 0.29) is 103 Å². The number of alkyl halides is 22. The number of nitrogens with two attached hydrogens (primary N) is 2. The van der Waals surface area contributed by atoms with Gasteiger partial charge in [0.1, 0.15) is 0 Å². The van der Waals surface area contributed by atoms with Gasteiger partial charge in [0, 0.05) is 101 Å². The van der Waals surface area contributed by atoms with Crippen LogP contribution in [0.5, 0.6) is 0 Å². The zero-order valence-corrected chi connectivity index (χ0v) is 73.3. The topological polar surface area (TPSA) is 148 Å². The minimum absolute atomic E-state index is 0.00681. The first-order valence-corrected chi connectivity index (χ1v) is 40.0. The van der Waals surface area contributed by atoms with Crippen molar-refractivity contribution < 1.29 is 126 Å². The Bertz CT molecular complexity index is 4370. The number of morpholine rings is 4. The van der Waals surface area contributed by atoms with Crippen LogP contribution >= 0.6 is 177 Å². The van der Waals surface area contributed by atoms with Gasteiger partial charge in [-0.15, -0.1) is 0 Å². The number of carbonyl (C=O) groups is 1. The van der Waals surface area contributed by atoms with Crippen LogP contribution in [0.4, 0.5) is 126 Å². The molecular formula is C69H58Br6Cl7F21N6O7. The SMILES string of the molecule is COC(=O)c1cc(Cl)cc(N2CCOCC2)c1C(F)(F)F.FC(F)(F)c1c(Br)cc(Cl)cc1Br.FC(F)(F)c1c(Br)cc(Cl)cc1N1CCOCC1.FC(F)(F)c1c(CBr)cc(Cl)cc1N1CCOCC1.Nc1c(Cl)cc(Br)c(C(F)(F)F)c1Br.Nc1cc(C(F)(F)F)ccc1Cl.OCc1cc(Cl)cc(N2CCOCC2)c1C(F)(F)F. The van der Waals surface area contributed by atoms with E-state index in [4.69, 9.17) is 117 Å². The lowest BCUT2D eigenvalue weighted by Gasteiger charge is -2.32. The van der Waals surface area contributed by atoms with Gasteiger partial charge in [0.05, 0.1) is 160 Å². The third-order valence-corrected chi connectivity index (χ3v) is 21.5. The maximum absolute atomic E-state index is 13.4. The molecule has 47 heteroatoms. The minimum atomic E-state index is -4.69. The lowest BCUT2D eigenvalue weighted by atomic mass is 10.0. The number of nitrogen functional groups attached to an aromatic ring is 2. The maximum atomic E-state index is 13.4. The highest BCUT2D eigenvalue weighted by Crippen LogP contribution is 2.49. The average Bonchev–Trinajstić information content (AvgIpc) is 0.779. The molecule has 0 radical (unpaired) electrons. The zero-order chi connectivity index (χ0) is 87.7. The average molecular weight is 2210 g/mol. The summed E-state index contributed by atoms with van der Waals surface area (Å²) < 4.78 is 293. The second-order valence-corrected chi connectivity index (χ2v) is 31.4. The molecule has 116 heavy (non-hydrogen) atoms.